The molecule has 162 valence electrons. The predicted molar refractivity (Wildman–Crippen MR) is 97.3 cm³/mol. The van der Waals surface area contributed by atoms with Gasteiger partial charge >= 0.3 is 16.5 Å². The first-order valence-electron chi connectivity index (χ1n) is 6.79. The number of rotatable bonds is 12. The zero-order chi connectivity index (χ0) is 21.2. The lowest BCUT2D eigenvalue weighted by molar-refractivity contribution is -0.103. The van der Waals surface area contributed by atoms with E-state index in [0.29, 0.717) is 0 Å². The maximum absolute atomic E-state index is 9.44. The van der Waals surface area contributed by atoms with E-state index in [1.807, 2.05) is 8.59 Å². The van der Waals surface area contributed by atoms with Crippen molar-refractivity contribution in [1.82, 2.24) is 0 Å². The van der Waals surface area contributed by atoms with Crippen molar-refractivity contribution >= 4 is 36.3 Å². The van der Waals surface area contributed by atoms with E-state index >= 15 is 0 Å². The molecule has 3 unspecified atom stereocenters. The van der Waals surface area contributed by atoms with Gasteiger partial charge in [0.2, 0.25) is 0 Å². The van der Waals surface area contributed by atoms with Crippen LogP contribution in [0.3, 0.4) is 0 Å². The first-order valence-corrected chi connectivity index (χ1v) is 11.1. The molecule has 0 aromatic carbocycles. The van der Waals surface area contributed by atoms with E-state index in [9.17, 15) is 9.13 Å². The van der Waals surface area contributed by atoms with E-state index in [0.717, 1.165) is 0 Å². The van der Waals surface area contributed by atoms with Crippen LogP contribution in [0.25, 0.3) is 0 Å². The number of aliphatic hydroxyl groups excluding tert-OH is 6. The predicted octanol–water partition coefficient (Wildman–Crippen LogP) is -2.29. The van der Waals surface area contributed by atoms with Crippen molar-refractivity contribution in [2.45, 2.75) is 0 Å². The van der Waals surface area contributed by atoms with Gasteiger partial charge in [-0.25, -0.2) is 4.31 Å². The number of hydrogen-bond donors (Lipinski definition) is 8. The minimum atomic E-state index is -3.20. The fourth-order valence-electron chi connectivity index (χ4n) is 1.13. The van der Waals surface area contributed by atoms with Crippen LogP contribution in [0.1, 0.15) is 0 Å². The molecule has 0 aromatic rings. The average Bonchev–Trinajstić information content (AvgIpc) is 2.64. The molecule has 0 saturated heterocycles. The monoisotopic (exact) mass is 468 g/mol. The van der Waals surface area contributed by atoms with Gasteiger partial charge in [-0.05, 0) is 8.59 Å². The van der Waals surface area contributed by atoms with Gasteiger partial charge in [0.15, 0.2) is 0 Å². The maximum Gasteiger partial charge on any atom is 0.323 e. The summed E-state index contributed by atoms with van der Waals surface area (Å²) in [6.45, 7) is -3.01. The second-order valence-electron chi connectivity index (χ2n) is 5.08. The van der Waals surface area contributed by atoms with Gasteiger partial charge in [-0.2, -0.15) is 0 Å². The van der Waals surface area contributed by atoms with Crippen molar-refractivity contribution < 1.29 is 58.6 Å². The van der Waals surface area contributed by atoms with Crippen molar-refractivity contribution in [3.05, 3.63) is 0 Å². The fraction of sp³-hybridized carbons (Fsp3) is 1.00. The van der Waals surface area contributed by atoms with Gasteiger partial charge in [0.05, 0.1) is 63.7 Å². The average molecular weight is 469 g/mol. The van der Waals surface area contributed by atoms with Gasteiger partial charge in [-0.1, -0.05) is 0 Å². The maximum atomic E-state index is 9.44. The summed E-state index contributed by atoms with van der Waals surface area (Å²) in [5, 5.41) is 54.2. The van der Waals surface area contributed by atoms with Gasteiger partial charge in [-0.3, -0.25) is 9.13 Å². The third-order valence-corrected chi connectivity index (χ3v) is 4.40. The molecule has 16 heteroatoms. The Morgan fingerprint density at radius 3 is 1.04 bits per heavy atom. The number of hydrogen-bond acceptors (Lipinski definition) is 10. The highest BCUT2D eigenvalue weighted by Crippen LogP contribution is 2.30. The third kappa shape index (κ3) is 14.8. The number of aliphatic hydroxyl groups is 6. The molecule has 0 aromatic heterocycles. The molecule has 0 heterocycles. The molecule has 0 aliphatic rings. The van der Waals surface area contributed by atoms with Crippen LogP contribution >= 0.6 is 36.3 Å². The standard InChI is InChI=1S/C10H22O7.ClH2P.H4O5P2/c11-1-9(2-12,3-13)7-17-8-10(4-14,5-15)6-16;1-2;1-6(2)5-7(3)4/h11-16H,1-8H2;2H2;6-7H,(H,1,2)(H,3,4). The minimum absolute atomic E-state index is 0.141. The van der Waals surface area contributed by atoms with E-state index in [2.05, 4.69) is 15.6 Å². The quantitative estimate of drug-likeness (QED) is 0.142. The lowest BCUT2D eigenvalue weighted by Gasteiger charge is -2.31. The van der Waals surface area contributed by atoms with Crippen molar-refractivity contribution in [3.8, 4) is 0 Å². The van der Waals surface area contributed by atoms with Crippen molar-refractivity contribution in [2.75, 3.05) is 52.9 Å². The zero-order valence-corrected chi connectivity index (χ0v) is 17.7. The van der Waals surface area contributed by atoms with Gasteiger partial charge in [0, 0.05) is 0 Å². The molecule has 0 spiro atoms. The first-order chi connectivity index (χ1) is 12.2. The highest BCUT2D eigenvalue weighted by atomic mass is 35.7. The highest BCUT2D eigenvalue weighted by Gasteiger charge is 2.32. The van der Waals surface area contributed by atoms with Gasteiger partial charge in [-0.15, -0.1) is 11.2 Å². The topological polar surface area (TPSA) is 214 Å². The summed E-state index contributed by atoms with van der Waals surface area (Å²) in [6, 6.07) is 0. The van der Waals surface area contributed by atoms with Crippen LogP contribution < -0.4 is 0 Å². The van der Waals surface area contributed by atoms with Crippen molar-refractivity contribution in [1.29, 1.82) is 0 Å². The number of ether oxygens (including phenoxy) is 1. The molecule has 26 heavy (non-hydrogen) atoms. The van der Waals surface area contributed by atoms with Gasteiger partial charge < -0.3 is 45.2 Å². The van der Waals surface area contributed by atoms with E-state index < -0.39 is 67.0 Å². The molecule has 0 radical (unpaired) electrons. The normalized spacial score (nSPS) is 13.8. The molecule has 12 nitrogen and oxygen atoms in total. The molecule has 0 rings (SSSR count). The smallest absolute Gasteiger partial charge is 0.323 e. The molecule has 0 aliphatic heterocycles. The Hall–Kier alpha value is 0.780. The fourth-order valence-corrected chi connectivity index (χ4v) is 1.73. The van der Waals surface area contributed by atoms with Crippen LogP contribution in [-0.4, -0.2) is 93.3 Å². The second kappa shape index (κ2) is 19.1. The Kier molecular flexibility index (Phi) is 23.1. The van der Waals surface area contributed by atoms with E-state index in [-0.39, 0.29) is 13.2 Å². The Balaban J connectivity index is -0.000000491. The minimum Gasteiger partial charge on any atom is -0.396 e. The van der Waals surface area contributed by atoms with E-state index in [1.54, 1.807) is 0 Å². The summed E-state index contributed by atoms with van der Waals surface area (Å²) in [6.07, 6.45) is 0. The highest BCUT2D eigenvalue weighted by molar-refractivity contribution is 7.52. The summed E-state index contributed by atoms with van der Waals surface area (Å²) in [5.41, 5.74) is -2.32. The SMILES string of the molecule is O=[PH](O)O[PH](=O)O.OCC(CO)(CO)COCC(CO)(CO)CO.PCl. The molecule has 3 atom stereocenters. The van der Waals surface area contributed by atoms with Crippen LogP contribution in [0.15, 0.2) is 0 Å². The summed E-state index contributed by atoms with van der Waals surface area (Å²) in [5.74, 6) is 0. The largest absolute Gasteiger partial charge is 0.396 e. The van der Waals surface area contributed by atoms with Crippen molar-refractivity contribution in [2.24, 2.45) is 10.8 Å². The van der Waals surface area contributed by atoms with Crippen LogP contribution in [0.4, 0.5) is 0 Å². The van der Waals surface area contributed by atoms with E-state index in [4.69, 9.17) is 45.2 Å². The molecule has 0 bridgehead atoms. The van der Waals surface area contributed by atoms with Gasteiger partial charge in [0.25, 0.3) is 0 Å². The molecular formula is C10H28ClO12P3. The summed E-state index contributed by atoms with van der Waals surface area (Å²) >= 11 is 4.56. The lowest BCUT2D eigenvalue weighted by atomic mass is 9.91. The molecule has 0 fully saturated rings. The third-order valence-electron chi connectivity index (χ3n) is 3.00. The van der Waals surface area contributed by atoms with Crippen LogP contribution in [0.2, 0.25) is 0 Å². The Labute approximate surface area is 159 Å². The van der Waals surface area contributed by atoms with Gasteiger partial charge in [0.1, 0.15) is 0 Å². The summed E-state index contributed by atoms with van der Waals surface area (Å²) in [4.78, 5) is 15.4. The summed E-state index contributed by atoms with van der Waals surface area (Å²) in [7, 11) is -4.51. The number of halogens is 1. The summed E-state index contributed by atoms with van der Waals surface area (Å²) < 4.78 is 27.5. The zero-order valence-electron chi connectivity index (χ0n) is 13.8. The lowest BCUT2D eigenvalue weighted by Crippen LogP contribution is -2.43. The van der Waals surface area contributed by atoms with Crippen LogP contribution in [0.5, 0.6) is 0 Å². The van der Waals surface area contributed by atoms with E-state index in [1.165, 1.54) is 0 Å². The first kappa shape index (κ1) is 31.5. The molecule has 8 N–H and O–H groups in total. The Morgan fingerprint density at radius 1 is 0.692 bits per heavy atom. The van der Waals surface area contributed by atoms with Crippen LogP contribution in [0, 0.1) is 10.8 Å². The van der Waals surface area contributed by atoms with Crippen LogP contribution in [-0.2, 0) is 18.2 Å². The van der Waals surface area contributed by atoms with Crippen molar-refractivity contribution in [3.63, 3.8) is 0 Å². The molecule has 0 saturated carbocycles. The molecular weight excluding hydrogens is 440 g/mol. The molecule has 0 amide bonds. The second-order valence-corrected chi connectivity index (χ2v) is 6.96. The Bertz CT molecular complexity index is 319. The molecule has 0 aliphatic carbocycles. The Morgan fingerprint density at radius 2 is 0.923 bits per heavy atom.